The van der Waals surface area contributed by atoms with Gasteiger partial charge in [-0.05, 0) is 38.8 Å². The van der Waals surface area contributed by atoms with E-state index in [9.17, 15) is 5.11 Å². The van der Waals surface area contributed by atoms with Gasteiger partial charge in [0.15, 0.2) is 0 Å². The Hall–Kier alpha value is -0.160. The Morgan fingerprint density at radius 3 is 2.59 bits per heavy atom. The van der Waals surface area contributed by atoms with Crippen molar-refractivity contribution in [1.82, 2.24) is 9.80 Å². The smallest absolute Gasteiger partial charge is 0.0601 e. The molecule has 0 aromatic carbocycles. The number of aliphatic hydroxyl groups excluding tert-OH is 1. The summed E-state index contributed by atoms with van der Waals surface area (Å²) in [6, 6.07) is 0.973. The van der Waals surface area contributed by atoms with Crippen LogP contribution in [-0.4, -0.2) is 65.8 Å². The van der Waals surface area contributed by atoms with Crippen molar-refractivity contribution in [2.75, 3.05) is 32.8 Å². The lowest BCUT2D eigenvalue weighted by molar-refractivity contribution is 0.115. The molecule has 0 radical (unpaired) electrons. The summed E-state index contributed by atoms with van der Waals surface area (Å²) in [7, 11) is 0. The summed E-state index contributed by atoms with van der Waals surface area (Å²) in [4.78, 5) is 5.02. The first-order valence-corrected chi connectivity index (χ1v) is 7.10. The lowest BCUT2D eigenvalue weighted by atomic mass is 10.1. The lowest BCUT2D eigenvalue weighted by Gasteiger charge is -2.31. The van der Waals surface area contributed by atoms with Crippen LogP contribution in [0.4, 0.5) is 0 Å². The number of hydrogen-bond donors (Lipinski definition) is 2. The predicted octanol–water partition coefficient (Wildman–Crippen LogP) is 0.255. The van der Waals surface area contributed by atoms with Crippen molar-refractivity contribution in [3.63, 3.8) is 0 Å². The van der Waals surface area contributed by atoms with Gasteiger partial charge in [-0.3, -0.25) is 9.80 Å². The minimum absolute atomic E-state index is 0.109. The molecule has 3 unspecified atom stereocenters. The van der Waals surface area contributed by atoms with E-state index in [4.69, 9.17) is 5.73 Å². The fourth-order valence-corrected chi connectivity index (χ4v) is 3.27. The Morgan fingerprint density at radius 2 is 2.00 bits per heavy atom. The van der Waals surface area contributed by atoms with E-state index >= 15 is 0 Å². The zero-order chi connectivity index (χ0) is 12.3. The highest BCUT2D eigenvalue weighted by molar-refractivity contribution is 4.91. The maximum absolute atomic E-state index is 9.50. The van der Waals surface area contributed by atoms with Gasteiger partial charge in [-0.1, -0.05) is 6.92 Å². The topological polar surface area (TPSA) is 52.7 Å². The van der Waals surface area contributed by atoms with Crippen LogP contribution in [0.25, 0.3) is 0 Å². The van der Waals surface area contributed by atoms with Crippen molar-refractivity contribution in [2.24, 2.45) is 5.73 Å². The number of nitrogens with zero attached hydrogens (tertiary/aromatic N) is 2. The van der Waals surface area contributed by atoms with E-state index in [1.165, 1.54) is 32.4 Å². The third-order valence-corrected chi connectivity index (χ3v) is 4.47. The Labute approximate surface area is 105 Å². The number of nitrogens with two attached hydrogens (primary N) is 1. The Morgan fingerprint density at radius 1 is 1.29 bits per heavy atom. The first kappa shape index (κ1) is 13.3. The van der Waals surface area contributed by atoms with Gasteiger partial charge in [-0.15, -0.1) is 0 Å². The molecular formula is C13H27N3O. The van der Waals surface area contributed by atoms with Gasteiger partial charge < -0.3 is 10.8 Å². The summed E-state index contributed by atoms with van der Waals surface area (Å²) in [5.74, 6) is 0. The molecule has 2 heterocycles. The van der Waals surface area contributed by atoms with Crippen molar-refractivity contribution in [1.29, 1.82) is 0 Å². The molecule has 2 saturated heterocycles. The molecule has 0 spiro atoms. The molecule has 0 saturated carbocycles. The molecule has 0 aromatic rings. The van der Waals surface area contributed by atoms with E-state index in [0.29, 0.717) is 6.04 Å². The fraction of sp³-hybridized carbons (Fsp3) is 1.00. The van der Waals surface area contributed by atoms with E-state index < -0.39 is 0 Å². The monoisotopic (exact) mass is 241 g/mol. The highest BCUT2D eigenvalue weighted by Gasteiger charge is 2.34. The second kappa shape index (κ2) is 6.14. The molecule has 2 fully saturated rings. The molecule has 4 heteroatoms. The van der Waals surface area contributed by atoms with Gasteiger partial charge in [-0.2, -0.15) is 0 Å². The van der Waals surface area contributed by atoms with Crippen molar-refractivity contribution in [2.45, 2.75) is 50.7 Å². The first-order valence-electron chi connectivity index (χ1n) is 7.10. The number of rotatable bonds is 5. The quantitative estimate of drug-likeness (QED) is 0.725. The van der Waals surface area contributed by atoms with Gasteiger partial charge in [0.25, 0.3) is 0 Å². The van der Waals surface area contributed by atoms with Crippen LogP contribution in [0.15, 0.2) is 0 Å². The predicted molar refractivity (Wildman–Crippen MR) is 69.9 cm³/mol. The van der Waals surface area contributed by atoms with Crippen LogP contribution in [0.2, 0.25) is 0 Å². The van der Waals surface area contributed by atoms with Gasteiger partial charge >= 0.3 is 0 Å². The summed E-state index contributed by atoms with van der Waals surface area (Å²) in [6.07, 6.45) is 4.89. The maximum Gasteiger partial charge on any atom is 0.0601 e. The Bertz CT molecular complexity index is 231. The summed E-state index contributed by atoms with van der Waals surface area (Å²) in [6.45, 7) is 7.02. The molecule has 3 atom stereocenters. The zero-order valence-electron chi connectivity index (χ0n) is 11.0. The minimum atomic E-state index is 0.109. The third kappa shape index (κ3) is 2.99. The van der Waals surface area contributed by atoms with Gasteiger partial charge in [0.2, 0.25) is 0 Å². The van der Waals surface area contributed by atoms with Crippen molar-refractivity contribution < 1.29 is 5.11 Å². The van der Waals surface area contributed by atoms with Crippen molar-refractivity contribution in [3.8, 4) is 0 Å². The Balaban J connectivity index is 1.87. The maximum atomic E-state index is 9.50. The number of hydrogen-bond acceptors (Lipinski definition) is 4. The molecule has 2 aliphatic heterocycles. The summed E-state index contributed by atoms with van der Waals surface area (Å²) in [5, 5.41) is 9.50. The van der Waals surface area contributed by atoms with Crippen LogP contribution in [0, 0.1) is 0 Å². The normalized spacial score (nSPS) is 30.9. The summed E-state index contributed by atoms with van der Waals surface area (Å²) >= 11 is 0. The second-order valence-electron chi connectivity index (χ2n) is 5.50. The number of likely N-dealkylation sites (tertiary alicyclic amines) is 2. The largest absolute Gasteiger partial charge is 0.395 e. The van der Waals surface area contributed by atoms with Gasteiger partial charge in [0, 0.05) is 31.2 Å². The second-order valence-corrected chi connectivity index (χ2v) is 5.50. The minimum Gasteiger partial charge on any atom is -0.395 e. The molecule has 2 aliphatic rings. The molecule has 3 N–H and O–H groups in total. The van der Waals surface area contributed by atoms with Crippen LogP contribution in [0.1, 0.15) is 32.6 Å². The molecule has 0 aromatic heterocycles. The van der Waals surface area contributed by atoms with E-state index in [1.807, 2.05) is 0 Å². The van der Waals surface area contributed by atoms with Gasteiger partial charge in [0.1, 0.15) is 0 Å². The fourth-order valence-electron chi connectivity index (χ4n) is 3.27. The first-order chi connectivity index (χ1) is 8.26. The van der Waals surface area contributed by atoms with E-state index in [-0.39, 0.29) is 18.7 Å². The molecular weight excluding hydrogens is 214 g/mol. The van der Waals surface area contributed by atoms with E-state index in [2.05, 4.69) is 16.7 Å². The van der Waals surface area contributed by atoms with E-state index in [0.717, 1.165) is 19.5 Å². The molecule has 17 heavy (non-hydrogen) atoms. The SMILES string of the molecule is CCC(N)C(CO)N1CCC(N2CCCC2)C1. The highest BCUT2D eigenvalue weighted by atomic mass is 16.3. The van der Waals surface area contributed by atoms with Crippen LogP contribution >= 0.6 is 0 Å². The van der Waals surface area contributed by atoms with Gasteiger partial charge in [-0.25, -0.2) is 0 Å². The molecule has 0 bridgehead atoms. The van der Waals surface area contributed by atoms with Gasteiger partial charge in [0.05, 0.1) is 6.61 Å². The third-order valence-electron chi connectivity index (χ3n) is 4.47. The molecule has 100 valence electrons. The lowest BCUT2D eigenvalue weighted by Crippen LogP contribution is -2.50. The Kier molecular flexibility index (Phi) is 4.79. The number of aliphatic hydroxyl groups is 1. The molecule has 4 nitrogen and oxygen atoms in total. The van der Waals surface area contributed by atoms with Crippen LogP contribution in [-0.2, 0) is 0 Å². The van der Waals surface area contributed by atoms with E-state index in [1.54, 1.807) is 0 Å². The zero-order valence-corrected chi connectivity index (χ0v) is 11.0. The molecule has 0 amide bonds. The van der Waals surface area contributed by atoms with Crippen LogP contribution < -0.4 is 5.73 Å². The summed E-state index contributed by atoms with van der Waals surface area (Å²) in [5.41, 5.74) is 6.09. The average Bonchev–Trinajstić information content (AvgIpc) is 2.99. The average molecular weight is 241 g/mol. The standard InChI is InChI=1S/C13H27N3O/c1-2-12(14)13(10-17)16-8-5-11(9-16)15-6-3-4-7-15/h11-13,17H,2-10,14H2,1H3. The van der Waals surface area contributed by atoms with Crippen molar-refractivity contribution in [3.05, 3.63) is 0 Å². The van der Waals surface area contributed by atoms with Crippen molar-refractivity contribution >= 4 is 0 Å². The van der Waals surface area contributed by atoms with Crippen LogP contribution in [0.3, 0.4) is 0 Å². The molecule has 0 aliphatic carbocycles. The highest BCUT2D eigenvalue weighted by Crippen LogP contribution is 2.22. The summed E-state index contributed by atoms with van der Waals surface area (Å²) < 4.78 is 0. The van der Waals surface area contributed by atoms with Crippen LogP contribution in [0.5, 0.6) is 0 Å². The molecule has 2 rings (SSSR count).